The topological polar surface area (TPSA) is 22.0 Å². The average molecular weight is 281 g/mol. The van der Waals surface area contributed by atoms with Crippen molar-refractivity contribution in [3.63, 3.8) is 0 Å². The van der Waals surface area contributed by atoms with Crippen molar-refractivity contribution in [3.8, 4) is 0 Å². The number of carbonyl (C=O) groups is 1. The first-order chi connectivity index (χ1) is 9.88. The number of Topliss-reactive ketones (excluding diaryl/α,β-unsaturated/α-hetero) is 1. The molecule has 1 unspecified atom stereocenters. The molecule has 3 rings (SSSR count). The first kappa shape index (κ1) is 14.1. The molecule has 1 aliphatic rings. The summed E-state index contributed by atoms with van der Waals surface area (Å²) in [4.78, 5) is 12.7. The van der Waals surface area contributed by atoms with E-state index in [1.165, 1.54) is 17.0 Å². The van der Waals surface area contributed by atoms with Crippen molar-refractivity contribution in [2.24, 2.45) is 5.92 Å². The molecule has 0 saturated heterocycles. The smallest absolute Gasteiger partial charge is 0.168 e. The van der Waals surface area contributed by atoms with E-state index in [1.807, 2.05) is 18.2 Å². The fourth-order valence-corrected chi connectivity index (χ4v) is 3.65. The van der Waals surface area contributed by atoms with Crippen molar-refractivity contribution in [3.05, 3.63) is 58.9 Å². The Labute approximate surface area is 126 Å². The third-order valence-corrected chi connectivity index (χ3v) is 4.36. The zero-order valence-corrected chi connectivity index (χ0v) is 13.3. The molecule has 110 valence electrons. The molecular formula is C19H23NO. The van der Waals surface area contributed by atoms with Crippen LogP contribution < -0.4 is 0 Å². The van der Waals surface area contributed by atoms with Crippen LogP contribution in [0.25, 0.3) is 0 Å². The summed E-state index contributed by atoms with van der Waals surface area (Å²) in [5, 5.41) is 0. The zero-order chi connectivity index (χ0) is 15.2. The summed E-state index contributed by atoms with van der Waals surface area (Å²) in [6.07, 6.45) is 1.71. The van der Waals surface area contributed by atoms with Gasteiger partial charge in [-0.25, -0.2) is 0 Å². The SMILES string of the molecule is Cc1cc2c(n1C(C)(C)C)CC(Cc1ccccc1)C2=O. The molecule has 0 N–H and O–H groups in total. The van der Waals surface area contributed by atoms with Crippen LogP contribution in [0.3, 0.4) is 0 Å². The average Bonchev–Trinajstić information content (AvgIpc) is 2.87. The fraction of sp³-hybridized carbons (Fsp3) is 0.421. The van der Waals surface area contributed by atoms with Crippen molar-refractivity contribution < 1.29 is 4.79 Å². The minimum Gasteiger partial charge on any atom is -0.343 e. The molecule has 1 aliphatic carbocycles. The van der Waals surface area contributed by atoms with Gasteiger partial charge in [-0.15, -0.1) is 0 Å². The van der Waals surface area contributed by atoms with Gasteiger partial charge in [0, 0.05) is 28.4 Å². The number of fused-ring (bicyclic) bond motifs is 1. The molecule has 1 heterocycles. The van der Waals surface area contributed by atoms with Gasteiger partial charge in [0.15, 0.2) is 5.78 Å². The van der Waals surface area contributed by atoms with Crippen LogP contribution in [0.1, 0.15) is 48.1 Å². The molecule has 0 amide bonds. The van der Waals surface area contributed by atoms with Gasteiger partial charge in [-0.3, -0.25) is 4.79 Å². The Morgan fingerprint density at radius 3 is 2.48 bits per heavy atom. The molecule has 21 heavy (non-hydrogen) atoms. The van der Waals surface area contributed by atoms with Gasteiger partial charge in [0.1, 0.15) is 0 Å². The molecule has 0 spiro atoms. The maximum Gasteiger partial charge on any atom is 0.168 e. The van der Waals surface area contributed by atoms with Gasteiger partial charge in [-0.2, -0.15) is 0 Å². The van der Waals surface area contributed by atoms with E-state index >= 15 is 0 Å². The Morgan fingerprint density at radius 1 is 1.19 bits per heavy atom. The lowest BCUT2D eigenvalue weighted by molar-refractivity contribution is 0.0936. The van der Waals surface area contributed by atoms with E-state index in [1.54, 1.807) is 0 Å². The van der Waals surface area contributed by atoms with Crippen LogP contribution in [0.4, 0.5) is 0 Å². The van der Waals surface area contributed by atoms with Gasteiger partial charge in [0.25, 0.3) is 0 Å². The molecule has 1 aromatic carbocycles. The number of benzene rings is 1. The lowest BCUT2D eigenvalue weighted by Gasteiger charge is -2.26. The number of carbonyl (C=O) groups excluding carboxylic acids is 1. The second kappa shape index (κ2) is 4.87. The Kier molecular flexibility index (Phi) is 3.27. The molecule has 1 atom stereocenters. The maximum absolute atomic E-state index is 12.7. The van der Waals surface area contributed by atoms with Crippen LogP contribution in [-0.4, -0.2) is 10.4 Å². The third-order valence-electron chi connectivity index (χ3n) is 4.36. The molecule has 0 aliphatic heterocycles. The van der Waals surface area contributed by atoms with E-state index in [2.05, 4.69) is 50.5 Å². The second-order valence-corrected chi connectivity index (χ2v) is 7.11. The lowest BCUT2D eigenvalue weighted by Crippen LogP contribution is -2.25. The highest BCUT2D eigenvalue weighted by Crippen LogP contribution is 2.35. The molecular weight excluding hydrogens is 258 g/mol. The highest BCUT2D eigenvalue weighted by molar-refractivity contribution is 6.02. The standard InChI is InChI=1S/C19H23NO/c1-13-10-16-17(20(13)19(2,3)4)12-15(18(16)21)11-14-8-6-5-7-9-14/h5-10,15H,11-12H2,1-4H3. The van der Waals surface area contributed by atoms with Gasteiger partial charge in [0.2, 0.25) is 0 Å². The Hall–Kier alpha value is -1.83. The quantitative estimate of drug-likeness (QED) is 0.810. The number of hydrogen-bond acceptors (Lipinski definition) is 1. The summed E-state index contributed by atoms with van der Waals surface area (Å²) in [5.41, 5.74) is 4.65. The van der Waals surface area contributed by atoms with Crippen molar-refractivity contribution in [1.82, 2.24) is 4.57 Å². The van der Waals surface area contributed by atoms with E-state index in [4.69, 9.17) is 0 Å². The van der Waals surface area contributed by atoms with E-state index in [0.717, 1.165) is 18.4 Å². The van der Waals surface area contributed by atoms with Crippen LogP contribution in [0, 0.1) is 12.8 Å². The number of aryl methyl sites for hydroxylation is 1. The Balaban J connectivity index is 1.91. The Morgan fingerprint density at radius 2 is 1.86 bits per heavy atom. The number of rotatable bonds is 2. The number of ketones is 1. The molecule has 2 aromatic rings. The minimum atomic E-state index is 0.0274. The van der Waals surface area contributed by atoms with Crippen LogP contribution in [-0.2, 0) is 18.4 Å². The summed E-state index contributed by atoms with van der Waals surface area (Å²) < 4.78 is 2.34. The van der Waals surface area contributed by atoms with Crippen molar-refractivity contribution >= 4 is 5.78 Å². The number of hydrogen-bond donors (Lipinski definition) is 0. The molecule has 2 heteroatoms. The zero-order valence-electron chi connectivity index (χ0n) is 13.3. The summed E-state index contributed by atoms with van der Waals surface area (Å²) in [6.45, 7) is 8.71. The molecule has 2 nitrogen and oxygen atoms in total. The highest BCUT2D eigenvalue weighted by Gasteiger charge is 2.36. The third kappa shape index (κ3) is 2.44. The molecule has 0 radical (unpaired) electrons. The van der Waals surface area contributed by atoms with E-state index < -0.39 is 0 Å². The molecule has 0 saturated carbocycles. The normalized spacial score (nSPS) is 18.1. The van der Waals surface area contributed by atoms with Gasteiger partial charge in [-0.05, 0) is 52.2 Å². The summed E-state index contributed by atoms with van der Waals surface area (Å²) in [5.74, 6) is 0.423. The summed E-state index contributed by atoms with van der Waals surface area (Å²) >= 11 is 0. The van der Waals surface area contributed by atoms with Crippen LogP contribution >= 0.6 is 0 Å². The predicted molar refractivity (Wildman–Crippen MR) is 85.8 cm³/mol. The lowest BCUT2D eigenvalue weighted by atomic mass is 9.95. The van der Waals surface area contributed by atoms with Crippen molar-refractivity contribution in [2.45, 2.75) is 46.1 Å². The molecule has 1 aromatic heterocycles. The van der Waals surface area contributed by atoms with Gasteiger partial charge < -0.3 is 4.57 Å². The van der Waals surface area contributed by atoms with Crippen molar-refractivity contribution in [1.29, 1.82) is 0 Å². The monoisotopic (exact) mass is 281 g/mol. The van der Waals surface area contributed by atoms with Crippen LogP contribution in [0.2, 0.25) is 0 Å². The maximum atomic E-state index is 12.7. The fourth-order valence-electron chi connectivity index (χ4n) is 3.65. The molecule has 0 bridgehead atoms. The second-order valence-electron chi connectivity index (χ2n) is 7.11. The van der Waals surface area contributed by atoms with Crippen LogP contribution in [0.15, 0.2) is 36.4 Å². The predicted octanol–water partition coefficient (Wildman–Crippen LogP) is 4.15. The van der Waals surface area contributed by atoms with Gasteiger partial charge >= 0.3 is 0 Å². The first-order valence-corrected chi connectivity index (χ1v) is 7.68. The largest absolute Gasteiger partial charge is 0.343 e. The number of nitrogens with zero attached hydrogens (tertiary/aromatic N) is 1. The van der Waals surface area contributed by atoms with Crippen molar-refractivity contribution in [2.75, 3.05) is 0 Å². The summed E-state index contributed by atoms with van der Waals surface area (Å²) in [7, 11) is 0. The highest BCUT2D eigenvalue weighted by atomic mass is 16.1. The summed E-state index contributed by atoms with van der Waals surface area (Å²) in [6, 6.07) is 12.4. The van der Waals surface area contributed by atoms with E-state index in [-0.39, 0.29) is 11.5 Å². The Bertz CT molecular complexity index is 674. The van der Waals surface area contributed by atoms with Gasteiger partial charge in [0.05, 0.1) is 0 Å². The minimum absolute atomic E-state index is 0.0274. The van der Waals surface area contributed by atoms with E-state index in [0.29, 0.717) is 5.78 Å². The number of aromatic nitrogens is 1. The first-order valence-electron chi connectivity index (χ1n) is 7.68. The molecule has 0 fully saturated rings. The van der Waals surface area contributed by atoms with Gasteiger partial charge in [-0.1, -0.05) is 30.3 Å². The van der Waals surface area contributed by atoms with Crippen LogP contribution in [0.5, 0.6) is 0 Å². The van der Waals surface area contributed by atoms with E-state index in [9.17, 15) is 4.79 Å².